The summed E-state index contributed by atoms with van der Waals surface area (Å²) in [5.41, 5.74) is 8.00. The van der Waals surface area contributed by atoms with Gasteiger partial charge in [-0.3, -0.25) is 0 Å². The highest BCUT2D eigenvalue weighted by molar-refractivity contribution is 9.10. The topological polar surface area (TPSA) is 35.2 Å². The van der Waals surface area contributed by atoms with Gasteiger partial charge in [0.2, 0.25) is 0 Å². The van der Waals surface area contributed by atoms with Gasteiger partial charge in [0.1, 0.15) is 5.75 Å². The van der Waals surface area contributed by atoms with Crippen LogP contribution in [0.2, 0.25) is 10.0 Å². The monoisotopic (exact) mass is 437 g/mol. The summed E-state index contributed by atoms with van der Waals surface area (Å²) in [5, 5.41) is 1.21. The van der Waals surface area contributed by atoms with Crippen LogP contribution >= 0.6 is 55.1 Å². The molecule has 2 N–H and O–H groups in total. The van der Waals surface area contributed by atoms with Crippen molar-refractivity contribution in [3.05, 3.63) is 60.4 Å². The van der Waals surface area contributed by atoms with E-state index in [2.05, 4.69) is 31.9 Å². The van der Waals surface area contributed by atoms with Crippen molar-refractivity contribution in [2.75, 3.05) is 7.11 Å². The average molecular weight is 440 g/mol. The zero-order valence-corrected chi connectivity index (χ0v) is 15.1. The molecule has 0 spiro atoms. The zero-order valence-electron chi connectivity index (χ0n) is 10.5. The number of halogens is 4. The first-order chi connectivity index (χ1) is 9.43. The first-order valence-corrected chi connectivity index (χ1v) is 8.01. The lowest BCUT2D eigenvalue weighted by Gasteiger charge is -2.19. The van der Waals surface area contributed by atoms with Gasteiger partial charge >= 0.3 is 0 Å². The van der Waals surface area contributed by atoms with Gasteiger partial charge in [0, 0.05) is 20.1 Å². The summed E-state index contributed by atoms with van der Waals surface area (Å²) < 4.78 is 7.05. The van der Waals surface area contributed by atoms with E-state index in [9.17, 15) is 0 Å². The number of methoxy groups -OCH3 is 1. The minimum Gasteiger partial charge on any atom is -0.495 e. The average Bonchev–Trinajstić information content (AvgIpc) is 2.40. The van der Waals surface area contributed by atoms with E-state index < -0.39 is 6.04 Å². The van der Waals surface area contributed by atoms with Gasteiger partial charge in [-0.25, -0.2) is 0 Å². The van der Waals surface area contributed by atoms with Crippen LogP contribution in [-0.4, -0.2) is 7.11 Å². The molecular weight excluding hydrogens is 429 g/mol. The number of nitrogens with two attached hydrogens (primary N) is 1. The van der Waals surface area contributed by atoms with Gasteiger partial charge in [-0.15, -0.1) is 0 Å². The maximum atomic E-state index is 6.35. The Labute approximate surface area is 144 Å². The van der Waals surface area contributed by atoms with Gasteiger partial charge in [0.15, 0.2) is 0 Å². The number of benzene rings is 2. The normalized spacial score (nSPS) is 12.3. The lowest BCUT2D eigenvalue weighted by atomic mass is 9.99. The van der Waals surface area contributed by atoms with E-state index in [1.165, 1.54) is 0 Å². The lowest BCUT2D eigenvalue weighted by molar-refractivity contribution is 0.405. The highest BCUT2D eigenvalue weighted by atomic mass is 79.9. The summed E-state index contributed by atoms with van der Waals surface area (Å²) >= 11 is 19.1. The Hall–Kier alpha value is -0.260. The van der Waals surface area contributed by atoms with Crippen LogP contribution < -0.4 is 10.5 Å². The fourth-order valence-corrected chi connectivity index (χ4v) is 3.62. The molecular formula is C14H11Br2Cl2NO. The second-order valence-electron chi connectivity index (χ2n) is 4.15. The number of hydrogen-bond donors (Lipinski definition) is 1. The molecule has 6 heteroatoms. The lowest BCUT2D eigenvalue weighted by Crippen LogP contribution is -2.14. The third-order valence-electron chi connectivity index (χ3n) is 2.87. The highest BCUT2D eigenvalue weighted by Gasteiger charge is 2.19. The molecule has 0 fully saturated rings. The van der Waals surface area contributed by atoms with E-state index in [1.54, 1.807) is 25.3 Å². The Balaban J connectivity index is 2.58. The predicted octanol–water partition coefficient (Wildman–Crippen LogP) is 5.58. The molecule has 0 radical (unpaired) electrons. The van der Waals surface area contributed by atoms with E-state index in [4.69, 9.17) is 33.7 Å². The van der Waals surface area contributed by atoms with E-state index >= 15 is 0 Å². The van der Waals surface area contributed by atoms with Gasteiger partial charge in [0.05, 0.1) is 17.6 Å². The van der Waals surface area contributed by atoms with Gasteiger partial charge in [0.25, 0.3) is 0 Å². The first-order valence-electron chi connectivity index (χ1n) is 5.67. The third-order valence-corrected chi connectivity index (χ3v) is 4.63. The van der Waals surface area contributed by atoms with Gasteiger partial charge < -0.3 is 10.5 Å². The predicted molar refractivity (Wildman–Crippen MR) is 90.9 cm³/mol. The highest BCUT2D eigenvalue weighted by Crippen LogP contribution is 2.39. The van der Waals surface area contributed by atoms with Crippen molar-refractivity contribution < 1.29 is 4.74 Å². The number of rotatable bonds is 3. The Morgan fingerprint density at radius 3 is 2.30 bits per heavy atom. The summed E-state index contributed by atoms with van der Waals surface area (Å²) in [7, 11) is 1.59. The van der Waals surface area contributed by atoms with E-state index in [1.807, 2.05) is 12.1 Å². The van der Waals surface area contributed by atoms with Gasteiger partial charge in [-0.05, 0) is 51.8 Å². The molecule has 0 aliphatic heterocycles. The Kier molecular flexibility index (Phi) is 5.37. The summed E-state index contributed by atoms with van der Waals surface area (Å²) in [6, 6.07) is 8.64. The van der Waals surface area contributed by atoms with Crippen LogP contribution in [0.4, 0.5) is 0 Å². The van der Waals surface area contributed by atoms with Crippen LogP contribution in [-0.2, 0) is 0 Å². The molecule has 106 valence electrons. The van der Waals surface area contributed by atoms with E-state index in [0.29, 0.717) is 15.8 Å². The van der Waals surface area contributed by atoms with Crippen LogP contribution in [0, 0.1) is 0 Å². The quantitative estimate of drug-likeness (QED) is 0.678. The maximum Gasteiger partial charge on any atom is 0.138 e. The van der Waals surface area contributed by atoms with Crippen LogP contribution in [0.5, 0.6) is 5.75 Å². The molecule has 0 saturated carbocycles. The molecule has 0 bridgehead atoms. The second kappa shape index (κ2) is 6.67. The molecule has 0 aliphatic carbocycles. The van der Waals surface area contributed by atoms with Crippen molar-refractivity contribution in [1.29, 1.82) is 0 Å². The van der Waals surface area contributed by atoms with E-state index in [0.717, 1.165) is 20.1 Å². The summed E-state index contributed by atoms with van der Waals surface area (Å²) in [6.07, 6.45) is 0. The second-order valence-corrected chi connectivity index (χ2v) is 6.74. The summed E-state index contributed by atoms with van der Waals surface area (Å²) in [4.78, 5) is 0. The molecule has 0 heterocycles. The minimum atomic E-state index is -0.409. The van der Waals surface area contributed by atoms with E-state index in [-0.39, 0.29) is 0 Å². The number of hydrogen-bond acceptors (Lipinski definition) is 2. The largest absolute Gasteiger partial charge is 0.495 e. The molecule has 2 aromatic rings. The van der Waals surface area contributed by atoms with Gasteiger partial charge in [-0.2, -0.15) is 0 Å². The molecule has 0 saturated heterocycles. The Morgan fingerprint density at radius 2 is 1.65 bits per heavy atom. The molecule has 0 aliphatic rings. The van der Waals surface area contributed by atoms with Crippen LogP contribution in [0.1, 0.15) is 17.2 Å². The van der Waals surface area contributed by atoms with Crippen LogP contribution in [0.3, 0.4) is 0 Å². The van der Waals surface area contributed by atoms with Crippen molar-refractivity contribution in [3.8, 4) is 5.75 Å². The molecule has 2 aromatic carbocycles. The van der Waals surface area contributed by atoms with Crippen molar-refractivity contribution >= 4 is 55.1 Å². The number of ether oxygens (including phenoxy) is 1. The molecule has 1 atom stereocenters. The van der Waals surface area contributed by atoms with Crippen molar-refractivity contribution in [2.45, 2.75) is 6.04 Å². The van der Waals surface area contributed by atoms with Crippen molar-refractivity contribution in [3.63, 3.8) is 0 Å². The molecule has 20 heavy (non-hydrogen) atoms. The first kappa shape index (κ1) is 16.1. The van der Waals surface area contributed by atoms with Gasteiger partial charge in [-0.1, -0.05) is 39.1 Å². The molecule has 0 aromatic heterocycles. The molecule has 2 rings (SSSR count). The van der Waals surface area contributed by atoms with Crippen LogP contribution in [0.15, 0.2) is 39.3 Å². The standard InChI is InChI=1S/C14H11Br2Cl2NO/c1-20-14-10(5-8(18)6-12(14)16)13(19)9-4-7(17)2-3-11(9)15/h2-6,13H,19H2,1H3. The fraction of sp³-hybridized carbons (Fsp3) is 0.143. The summed E-state index contributed by atoms with van der Waals surface area (Å²) in [6.45, 7) is 0. The summed E-state index contributed by atoms with van der Waals surface area (Å²) in [5.74, 6) is 0.661. The minimum absolute atomic E-state index is 0.409. The molecule has 1 unspecified atom stereocenters. The third kappa shape index (κ3) is 3.31. The Morgan fingerprint density at radius 1 is 1.00 bits per heavy atom. The molecule has 2 nitrogen and oxygen atoms in total. The van der Waals surface area contributed by atoms with Crippen molar-refractivity contribution in [1.82, 2.24) is 0 Å². The fourth-order valence-electron chi connectivity index (χ4n) is 1.95. The molecule has 0 amide bonds. The van der Waals surface area contributed by atoms with Crippen molar-refractivity contribution in [2.24, 2.45) is 5.73 Å². The van der Waals surface area contributed by atoms with Crippen LogP contribution in [0.25, 0.3) is 0 Å². The maximum absolute atomic E-state index is 6.35. The Bertz CT molecular complexity index is 649. The smallest absolute Gasteiger partial charge is 0.138 e. The zero-order chi connectivity index (χ0) is 14.9. The SMILES string of the molecule is COc1c(Br)cc(Cl)cc1C(N)c1cc(Cl)ccc1Br.